The summed E-state index contributed by atoms with van der Waals surface area (Å²) in [6, 6.07) is 9.14. The van der Waals surface area contributed by atoms with Gasteiger partial charge in [-0.25, -0.2) is 0 Å². The Bertz CT molecular complexity index is 640. The van der Waals surface area contributed by atoms with Crippen molar-refractivity contribution in [1.29, 1.82) is 0 Å². The zero-order valence-electron chi connectivity index (χ0n) is 18.1. The van der Waals surface area contributed by atoms with Crippen molar-refractivity contribution in [1.82, 2.24) is 10.6 Å². The number of halogens is 1. The molecule has 7 heteroatoms. The first kappa shape index (κ1) is 24.6. The molecule has 1 aromatic rings. The minimum Gasteiger partial charge on any atom is -0.381 e. The number of nitrogens with one attached hydrogen (secondary N) is 2. The van der Waals surface area contributed by atoms with E-state index in [1.54, 1.807) is 0 Å². The number of hydrogen-bond acceptors (Lipinski definition) is 4. The van der Waals surface area contributed by atoms with Crippen LogP contribution in [0.15, 0.2) is 29.3 Å². The molecule has 2 aliphatic heterocycles. The molecule has 0 radical (unpaired) electrons. The lowest BCUT2D eigenvalue weighted by molar-refractivity contribution is 0.0782. The Kier molecular flexibility index (Phi) is 10.4. The van der Waals surface area contributed by atoms with Crippen LogP contribution in [0, 0.1) is 0 Å². The first-order chi connectivity index (χ1) is 13.7. The van der Waals surface area contributed by atoms with Gasteiger partial charge < -0.3 is 20.3 Å². The molecule has 1 atom stereocenters. The fourth-order valence-corrected chi connectivity index (χ4v) is 5.36. The van der Waals surface area contributed by atoms with Gasteiger partial charge in [0.1, 0.15) is 0 Å². The Hall–Kier alpha value is -0.670. The van der Waals surface area contributed by atoms with Gasteiger partial charge in [-0.1, -0.05) is 19.1 Å². The number of anilines is 1. The van der Waals surface area contributed by atoms with E-state index in [-0.39, 0.29) is 34.8 Å². The van der Waals surface area contributed by atoms with Crippen molar-refractivity contribution in [2.24, 2.45) is 4.99 Å². The largest absolute Gasteiger partial charge is 0.381 e. The summed E-state index contributed by atoms with van der Waals surface area (Å²) in [5.74, 6) is 2.01. The summed E-state index contributed by atoms with van der Waals surface area (Å²) >= 11 is 2.05. The standard InChI is InChI=1S/C22H36N4OS.HI/c1-4-28-22(10-14-27-15-11-22)17-24-21(23-3)25-18(2)19-8-7-9-20(16-19)26-12-5-6-13-26;/h7-9,16,18H,4-6,10-15,17H2,1-3H3,(H2,23,24,25);1H. The highest BCUT2D eigenvalue weighted by molar-refractivity contribution is 14.0. The van der Waals surface area contributed by atoms with E-state index in [4.69, 9.17) is 4.74 Å². The Labute approximate surface area is 197 Å². The van der Waals surface area contributed by atoms with Crippen molar-refractivity contribution >= 4 is 47.4 Å². The van der Waals surface area contributed by atoms with Crippen molar-refractivity contribution in [2.45, 2.75) is 50.3 Å². The number of nitrogens with zero attached hydrogens (tertiary/aromatic N) is 2. The first-order valence-electron chi connectivity index (χ1n) is 10.7. The molecule has 0 spiro atoms. The molecule has 0 aliphatic carbocycles. The van der Waals surface area contributed by atoms with Gasteiger partial charge >= 0.3 is 0 Å². The van der Waals surface area contributed by atoms with Crippen molar-refractivity contribution in [3.05, 3.63) is 29.8 Å². The molecule has 29 heavy (non-hydrogen) atoms. The molecule has 2 fully saturated rings. The Morgan fingerprint density at radius 1 is 1.28 bits per heavy atom. The number of rotatable bonds is 7. The summed E-state index contributed by atoms with van der Waals surface area (Å²) in [6.45, 7) is 9.45. The van der Waals surface area contributed by atoms with E-state index in [9.17, 15) is 0 Å². The molecule has 1 unspecified atom stereocenters. The molecule has 5 nitrogen and oxygen atoms in total. The quantitative estimate of drug-likeness (QED) is 0.309. The van der Waals surface area contributed by atoms with E-state index in [0.717, 1.165) is 44.3 Å². The maximum Gasteiger partial charge on any atom is 0.191 e. The summed E-state index contributed by atoms with van der Waals surface area (Å²) in [7, 11) is 1.85. The second-order valence-electron chi connectivity index (χ2n) is 7.81. The SMILES string of the molecule is CCSC1(CNC(=NC)NC(C)c2cccc(N3CCCC3)c2)CCOCC1.I. The summed E-state index contributed by atoms with van der Waals surface area (Å²) in [6.07, 6.45) is 4.81. The van der Waals surface area contributed by atoms with E-state index < -0.39 is 0 Å². The highest BCUT2D eigenvalue weighted by atomic mass is 127. The maximum absolute atomic E-state index is 5.59. The minimum absolute atomic E-state index is 0. The molecule has 0 saturated carbocycles. The van der Waals surface area contributed by atoms with Crippen LogP contribution in [-0.4, -0.2) is 56.4 Å². The normalized spacial score (nSPS) is 20.1. The van der Waals surface area contributed by atoms with E-state index >= 15 is 0 Å². The molecule has 3 rings (SSSR count). The minimum atomic E-state index is 0. The van der Waals surface area contributed by atoms with E-state index in [0.29, 0.717) is 0 Å². The lowest BCUT2D eigenvalue weighted by atomic mass is 9.99. The van der Waals surface area contributed by atoms with Gasteiger partial charge in [-0.3, -0.25) is 4.99 Å². The third kappa shape index (κ3) is 6.92. The summed E-state index contributed by atoms with van der Waals surface area (Å²) < 4.78 is 5.84. The van der Waals surface area contributed by atoms with Crippen LogP contribution in [0.25, 0.3) is 0 Å². The third-order valence-electron chi connectivity index (χ3n) is 5.85. The van der Waals surface area contributed by atoms with Crippen LogP contribution in [0.1, 0.15) is 51.1 Å². The molecule has 2 aliphatic rings. The predicted octanol–water partition coefficient (Wildman–Crippen LogP) is 4.43. The smallest absolute Gasteiger partial charge is 0.191 e. The molecule has 2 saturated heterocycles. The number of hydrogen-bond donors (Lipinski definition) is 2. The number of thioether (sulfide) groups is 1. The van der Waals surface area contributed by atoms with Gasteiger partial charge in [-0.15, -0.1) is 24.0 Å². The van der Waals surface area contributed by atoms with Gasteiger partial charge in [0.05, 0.1) is 6.04 Å². The zero-order valence-corrected chi connectivity index (χ0v) is 21.2. The van der Waals surface area contributed by atoms with Gasteiger partial charge in [-0.05, 0) is 56.1 Å². The number of ether oxygens (including phenoxy) is 1. The molecule has 0 aromatic heterocycles. The van der Waals surface area contributed by atoms with Crippen molar-refractivity contribution < 1.29 is 4.74 Å². The van der Waals surface area contributed by atoms with Crippen molar-refractivity contribution in [3.63, 3.8) is 0 Å². The molecular formula is C22H37IN4OS. The predicted molar refractivity (Wildman–Crippen MR) is 137 cm³/mol. The molecule has 0 amide bonds. The van der Waals surface area contributed by atoms with Gasteiger partial charge in [0.2, 0.25) is 0 Å². The Morgan fingerprint density at radius 3 is 2.66 bits per heavy atom. The molecular weight excluding hydrogens is 495 g/mol. The second-order valence-corrected chi connectivity index (χ2v) is 9.54. The maximum atomic E-state index is 5.59. The lowest BCUT2D eigenvalue weighted by Gasteiger charge is -2.37. The van der Waals surface area contributed by atoms with E-state index in [1.165, 1.54) is 37.2 Å². The molecule has 2 heterocycles. The van der Waals surface area contributed by atoms with Crippen molar-refractivity contribution in [2.75, 3.05) is 50.5 Å². The third-order valence-corrected chi connectivity index (χ3v) is 7.30. The molecule has 0 bridgehead atoms. The fourth-order valence-electron chi connectivity index (χ4n) is 4.12. The molecule has 2 N–H and O–H groups in total. The lowest BCUT2D eigenvalue weighted by Crippen LogP contribution is -2.48. The average molecular weight is 533 g/mol. The van der Waals surface area contributed by atoms with Crippen LogP contribution in [0.5, 0.6) is 0 Å². The summed E-state index contributed by atoms with van der Waals surface area (Å²) in [4.78, 5) is 6.96. The summed E-state index contributed by atoms with van der Waals surface area (Å²) in [5.41, 5.74) is 2.64. The topological polar surface area (TPSA) is 48.9 Å². The highest BCUT2D eigenvalue weighted by Crippen LogP contribution is 2.34. The fraction of sp³-hybridized carbons (Fsp3) is 0.682. The molecule has 1 aromatic carbocycles. The van der Waals surface area contributed by atoms with Gasteiger partial charge in [-0.2, -0.15) is 11.8 Å². The highest BCUT2D eigenvalue weighted by Gasteiger charge is 2.32. The number of aliphatic imine (C=N–C) groups is 1. The first-order valence-corrected chi connectivity index (χ1v) is 11.7. The van der Waals surface area contributed by atoms with Crippen LogP contribution in [0.4, 0.5) is 5.69 Å². The second kappa shape index (κ2) is 12.2. The zero-order chi connectivity index (χ0) is 19.8. The van der Waals surface area contributed by atoms with Crippen LogP contribution in [-0.2, 0) is 4.74 Å². The van der Waals surface area contributed by atoms with Crippen LogP contribution < -0.4 is 15.5 Å². The Morgan fingerprint density at radius 2 is 2.00 bits per heavy atom. The van der Waals surface area contributed by atoms with E-state index in [2.05, 4.69) is 70.4 Å². The van der Waals surface area contributed by atoms with Crippen molar-refractivity contribution in [3.8, 4) is 0 Å². The number of guanidine groups is 1. The average Bonchev–Trinajstić information content (AvgIpc) is 3.27. The van der Waals surface area contributed by atoms with Gasteiger partial charge in [0.15, 0.2) is 5.96 Å². The summed E-state index contributed by atoms with van der Waals surface area (Å²) in [5, 5.41) is 7.17. The van der Waals surface area contributed by atoms with Crippen LogP contribution >= 0.6 is 35.7 Å². The van der Waals surface area contributed by atoms with Gasteiger partial charge in [0, 0.05) is 50.3 Å². The molecule has 164 valence electrons. The Balaban J connectivity index is 0.00000300. The van der Waals surface area contributed by atoms with Crippen LogP contribution in [0.3, 0.4) is 0 Å². The van der Waals surface area contributed by atoms with Gasteiger partial charge in [0.25, 0.3) is 0 Å². The monoisotopic (exact) mass is 532 g/mol. The van der Waals surface area contributed by atoms with E-state index in [1.807, 2.05) is 7.05 Å². The number of benzene rings is 1. The van der Waals surface area contributed by atoms with Crippen LogP contribution in [0.2, 0.25) is 0 Å².